The number of hydrogen-bond acceptors (Lipinski definition) is 3. The maximum Gasteiger partial charge on any atom is 0.406 e. The number of rotatable bonds is 7. The van der Waals surface area contributed by atoms with Crippen molar-refractivity contribution >= 4 is 33.2 Å². The average Bonchev–Trinajstić information content (AvgIpc) is 2.77. The summed E-state index contributed by atoms with van der Waals surface area (Å²) >= 11 is 6.29. The van der Waals surface area contributed by atoms with Crippen LogP contribution < -0.4 is 4.31 Å². The van der Waals surface area contributed by atoms with E-state index in [1.54, 1.807) is 54.6 Å². The van der Waals surface area contributed by atoms with E-state index in [2.05, 4.69) is 0 Å². The molecule has 0 bridgehead atoms. The molecule has 0 radical (unpaired) electrons. The zero-order chi connectivity index (χ0) is 24.2. The molecule has 5 nitrogen and oxygen atoms in total. The monoisotopic (exact) mass is 496 g/mol. The van der Waals surface area contributed by atoms with Crippen LogP contribution in [0.3, 0.4) is 0 Å². The number of carbonyl (C=O) groups is 1. The quantitative estimate of drug-likeness (QED) is 0.442. The number of carbonyl (C=O) groups excluding carboxylic acids is 1. The van der Waals surface area contributed by atoms with Crippen LogP contribution >= 0.6 is 11.6 Å². The largest absolute Gasteiger partial charge is 0.406 e. The summed E-state index contributed by atoms with van der Waals surface area (Å²) < 4.78 is 66.4. The standard InChI is InChI=1S/C23H20ClF3N2O3S/c1-28(16-23(25,26)27)22(30)18-10-7-11-19(14-18)33(31,32)29(15-17-8-3-2-4-9-17)21-13-6-5-12-20(21)24/h2-14H,15-16H2,1H3. The molecule has 0 aliphatic rings. The minimum Gasteiger partial charge on any atom is -0.333 e. The third-order valence-electron chi connectivity index (χ3n) is 4.72. The second-order valence-electron chi connectivity index (χ2n) is 7.25. The third-order valence-corrected chi connectivity index (χ3v) is 6.80. The van der Waals surface area contributed by atoms with Crippen LogP contribution in [0, 0.1) is 0 Å². The second kappa shape index (κ2) is 9.84. The van der Waals surface area contributed by atoms with E-state index in [0.717, 1.165) is 17.4 Å². The van der Waals surface area contributed by atoms with Crippen molar-refractivity contribution in [1.82, 2.24) is 4.90 Å². The Morgan fingerprint density at radius 1 is 0.939 bits per heavy atom. The van der Waals surface area contributed by atoms with E-state index in [9.17, 15) is 26.4 Å². The number of halogens is 4. The van der Waals surface area contributed by atoms with Crippen LogP contribution in [0.25, 0.3) is 0 Å². The molecule has 1 amide bonds. The molecule has 3 aromatic rings. The van der Waals surface area contributed by atoms with Gasteiger partial charge in [0.1, 0.15) is 6.54 Å². The molecule has 10 heteroatoms. The van der Waals surface area contributed by atoms with E-state index in [-0.39, 0.29) is 27.7 Å². The van der Waals surface area contributed by atoms with Crippen molar-refractivity contribution in [2.75, 3.05) is 17.9 Å². The van der Waals surface area contributed by atoms with Gasteiger partial charge >= 0.3 is 6.18 Å². The molecule has 3 aromatic carbocycles. The number of hydrogen-bond donors (Lipinski definition) is 0. The number of amides is 1. The van der Waals surface area contributed by atoms with E-state index in [0.29, 0.717) is 10.5 Å². The normalized spacial score (nSPS) is 11.8. The first-order valence-electron chi connectivity index (χ1n) is 9.72. The number of benzene rings is 3. The summed E-state index contributed by atoms with van der Waals surface area (Å²) in [5.74, 6) is -0.947. The summed E-state index contributed by atoms with van der Waals surface area (Å²) in [4.78, 5) is 12.7. The van der Waals surface area contributed by atoms with Gasteiger partial charge in [-0.15, -0.1) is 0 Å². The fourth-order valence-corrected chi connectivity index (χ4v) is 4.99. The third kappa shape index (κ3) is 6.06. The number of para-hydroxylation sites is 1. The van der Waals surface area contributed by atoms with Gasteiger partial charge in [0.25, 0.3) is 15.9 Å². The Morgan fingerprint density at radius 2 is 1.58 bits per heavy atom. The number of nitrogens with zero attached hydrogens (tertiary/aromatic N) is 2. The second-order valence-corrected chi connectivity index (χ2v) is 9.52. The van der Waals surface area contributed by atoms with E-state index in [1.807, 2.05) is 0 Å². The van der Waals surface area contributed by atoms with Gasteiger partial charge in [-0.3, -0.25) is 9.10 Å². The lowest BCUT2D eigenvalue weighted by Gasteiger charge is -2.26. The highest BCUT2D eigenvalue weighted by Crippen LogP contribution is 2.32. The summed E-state index contributed by atoms with van der Waals surface area (Å²) in [6.45, 7) is -1.50. The van der Waals surface area contributed by atoms with Crippen molar-refractivity contribution in [2.24, 2.45) is 0 Å². The van der Waals surface area contributed by atoms with Crippen molar-refractivity contribution in [2.45, 2.75) is 17.6 Å². The first-order chi connectivity index (χ1) is 15.5. The van der Waals surface area contributed by atoms with Crippen molar-refractivity contribution < 1.29 is 26.4 Å². The SMILES string of the molecule is CN(CC(F)(F)F)C(=O)c1cccc(S(=O)(=O)N(Cc2ccccc2)c2ccccc2Cl)c1. The topological polar surface area (TPSA) is 57.7 Å². The fourth-order valence-electron chi connectivity index (χ4n) is 3.18. The number of alkyl halides is 3. The highest BCUT2D eigenvalue weighted by Gasteiger charge is 2.32. The first kappa shape index (κ1) is 24.6. The Kier molecular flexibility index (Phi) is 7.34. The lowest BCUT2D eigenvalue weighted by atomic mass is 10.2. The highest BCUT2D eigenvalue weighted by molar-refractivity contribution is 7.92. The molecule has 0 saturated heterocycles. The Hall–Kier alpha value is -3.04. The van der Waals surface area contributed by atoms with Crippen molar-refractivity contribution in [3.8, 4) is 0 Å². The summed E-state index contributed by atoms with van der Waals surface area (Å²) in [6, 6.07) is 20.2. The Morgan fingerprint density at radius 3 is 2.21 bits per heavy atom. The molecule has 174 valence electrons. The van der Waals surface area contributed by atoms with Gasteiger partial charge < -0.3 is 4.90 Å². The van der Waals surface area contributed by atoms with E-state index < -0.39 is 28.7 Å². The van der Waals surface area contributed by atoms with Gasteiger partial charge in [-0.05, 0) is 35.9 Å². The van der Waals surface area contributed by atoms with Crippen LogP contribution in [-0.4, -0.2) is 39.0 Å². The molecule has 0 spiro atoms. The fraction of sp³-hybridized carbons (Fsp3) is 0.174. The molecule has 0 aliphatic carbocycles. The zero-order valence-corrected chi connectivity index (χ0v) is 19.0. The molecule has 0 aliphatic heterocycles. The summed E-state index contributed by atoms with van der Waals surface area (Å²) in [7, 11) is -3.23. The van der Waals surface area contributed by atoms with Crippen LogP contribution in [0.1, 0.15) is 15.9 Å². The average molecular weight is 497 g/mol. The Labute approximate surface area is 195 Å². The van der Waals surface area contributed by atoms with Gasteiger partial charge in [-0.2, -0.15) is 13.2 Å². The maximum atomic E-state index is 13.6. The zero-order valence-electron chi connectivity index (χ0n) is 17.5. The molecule has 0 atom stereocenters. The van der Waals surface area contributed by atoms with Crippen LogP contribution in [-0.2, 0) is 16.6 Å². The van der Waals surface area contributed by atoms with Crippen LogP contribution in [0.4, 0.5) is 18.9 Å². The van der Waals surface area contributed by atoms with Gasteiger partial charge in [-0.25, -0.2) is 8.42 Å². The predicted molar refractivity (Wildman–Crippen MR) is 121 cm³/mol. The van der Waals surface area contributed by atoms with Crippen LogP contribution in [0.2, 0.25) is 5.02 Å². The van der Waals surface area contributed by atoms with E-state index in [1.165, 1.54) is 18.2 Å². The van der Waals surface area contributed by atoms with Crippen LogP contribution in [0.5, 0.6) is 0 Å². The highest BCUT2D eigenvalue weighted by atomic mass is 35.5. The van der Waals surface area contributed by atoms with Crippen molar-refractivity contribution in [3.05, 3.63) is 95.0 Å². The minimum atomic E-state index is -4.58. The summed E-state index contributed by atoms with van der Waals surface area (Å²) in [5.41, 5.74) is 0.744. The molecule has 0 heterocycles. The molecule has 33 heavy (non-hydrogen) atoms. The predicted octanol–water partition coefficient (Wildman–Crippen LogP) is 5.37. The summed E-state index contributed by atoms with van der Waals surface area (Å²) in [5, 5.41) is 0.203. The Bertz CT molecular complexity index is 1230. The lowest BCUT2D eigenvalue weighted by Crippen LogP contribution is -2.36. The Balaban J connectivity index is 2.02. The first-order valence-corrected chi connectivity index (χ1v) is 11.5. The molecular weight excluding hydrogens is 477 g/mol. The van der Waals surface area contributed by atoms with Crippen molar-refractivity contribution in [3.63, 3.8) is 0 Å². The van der Waals surface area contributed by atoms with Crippen molar-refractivity contribution in [1.29, 1.82) is 0 Å². The molecule has 0 fully saturated rings. The lowest BCUT2D eigenvalue weighted by molar-refractivity contribution is -0.138. The molecule has 0 aromatic heterocycles. The van der Waals surface area contributed by atoms with Gasteiger partial charge in [0.15, 0.2) is 0 Å². The smallest absolute Gasteiger partial charge is 0.333 e. The van der Waals surface area contributed by atoms with E-state index >= 15 is 0 Å². The van der Waals surface area contributed by atoms with Gasteiger partial charge in [0, 0.05) is 12.6 Å². The maximum absolute atomic E-state index is 13.6. The van der Waals surface area contributed by atoms with Gasteiger partial charge in [-0.1, -0.05) is 60.1 Å². The summed E-state index contributed by atoms with van der Waals surface area (Å²) in [6.07, 6.45) is -4.58. The number of anilines is 1. The molecule has 0 saturated carbocycles. The molecule has 3 rings (SSSR count). The van der Waals surface area contributed by atoms with Gasteiger partial charge in [0.05, 0.1) is 22.2 Å². The van der Waals surface area contributed by atoms with Gasteiger partial charge in [0.2, 0.25) is 0 Å². The van der Waals surface area contributed by atoms with Crippen LogP contribution in [0.15, 0.2) is 83.8 Å². The molecule has 0 N–H and O–H groups in total. The molecule has 0 unspecified atom stereocenters. The molecular formula is C23H20ClF3N2O3S. The van der Waals surface area contributed by atoms with E-state index in [4.69, 9.17) is 11.6 Å². The number of sulfonamides is 1. The minimum absolute atomic E-state index is 0.0426.